The molecule has 0 fully saturated rings. The second-order valence-corrected chi connectivity index (χ2v) is 7.36. The van der Waals surface area contributed by atoms with E-state index in [2.05, 4.69) is 15.4 Å². The SMILES string of the molecule is Cc1nn(-c2ccc(F)cc2)c(C)c1C(=O)Nc1nc2c(C)cccc2s1. The first-order valence-electron chi connectivity index (χ1n) is 8.43. The highest BCUT2D eigenvalue weighted by Crippen LogP contribution is 2.29. The van der Waals surface area contributed by atoms with Crippen LogP contribution in [0.3, 0.4) is 0 Å². The number of anilines is 1. The molecule has 7 heteroatoms. The summed E-state index contributed by atoms with van der Waals surface area (Å²) < 4.78 is 15.8. The molecule has 5 nitrogen and oxygen atoms in total. The highest BCUT2D eigenvalue weighted by molar-refractivity contribution is 7.22. The van der Waals surface area contributed by atoms with Crippen molar-refractivity contribution < 1.29 is 9.18 Å². The van der Waals surface area contributed by atoms with Crippen molar-refractivity contribution in [1.82, 2.24) is 14.8 Å². The Morgan fingerprint density at radius 1 is 1.11 bits per heavy atom. The van der Waals surface area contributed by atoms with Crippen LogP contribution in [-0.2, 0) is 0 Å². The van der Waals surface area contributed by atoms with Crippen LogP contribution in [-0.4, -0.2) is 20.7 Å². The summed E-state index contributed by atoms with van der Waals surface area (Å²) in [7, 11) is 0. The van der Waals surface area contributed by atoms with Crippen molar-refractivity contribution in [2.24, 2.45) is 0 Å². The standard InChI is InChI=1S/C20H17FN4OS/c1-11-5-4-6-16-18(11)22-20(27-16)23-19(26)17-12(2)24-25(13(17)3)15-9-7-14(21)8-10-15/h4-10H,1-3H3,(H,22,23,26). The molecule has 0 aliphatic rings. The first-order chi connectivity index (χ1) is 12.9. The molecular formula is C20H17FN4OS. The molecule has 1 N–H and O–H groups in total. The number of rotatable bonds is 3. The minimum Gasteiger partial charge on any atom is -0.298 e. The van der Waals surface area contributed by atoms with Crippen molar-refractivity contribution in [2.45, 2.75) is 20.8 Å². The van der Waals surface area contributed by atoms with Crippen molar-refractivity contribution in [3.05, 3.63) is 70.8 Å². The average molecular weight is 380 g/mol. The number of para-hydroxylation sites is 1. The lowest BCUT2D eigenvalue weighted by Gasteiger charge is -2.05. The number of carbonyl (C=O) groups excluding carboxylic acids is 1. The van der Waals surface area contributed by atoms with Crippen LogP contribution in [0.4, 0.5) is 9.52 Å². The molecule has 2 aromatic carbocycles. The number of aromatic nitrogens is 3. The summed E-state index contributed by atoms with van der Waals surface area (Å²) in [6.07, 6.45) is 0. The fourth-order valence-electron chi connectivity index (χ4n) is 3.10. The van der Waals surface area contributed by atoms with E-state index >= 15 is 0 Å². The van der Waals surface area contributed by atoms with Gasteiger partial charge in [0.2, 0.25) is 0 Å². The molecule has 136 valence electrons. The van der Waals surface area contributed by atoms with Gasteiger partial charge < -0.3 is 0 Å². The number of carbonyl (C=O) groups is 1. The molecule has 4 rings (SSSR count). The quantitative estimate of drug-likeness (QED) is 0.555. The lowest BCUT2D eigenvalue weighted by Crippen LogP contribution is -2.14. The van der Waals surface area contributed by atoms with E-state index in [4.69, 9.17) is 0 Å². The summed E-state index contributed by atoms with van der Waals surface area (Å²) in [6.45, 7) is 5.60. The number of nitrogens with zero attached hydrogens (tertiary/aromatic N) is 3. The number of aryl methyl sites for hydroxylation is 2. The Hall–Kier alpha value is -3.06. The summed E-state index contributed by atoms with van der Waals surface area (Å²) in [6, 6.07) is 12.0. The summed E-state index contributed by atoms with van der Waals surface area (Å²) in [5, 5.41) is 7.88. The van der Waals surface area contributed by atoms with Crippen molar-refractivity contribution in [3.63, 3.8) is 0 Å². The monoisotopic (exact) mass is 380 g/mol. The molecule has 0 spiro atoms. The van der Waals surface area contributed by atoms with Crippen LogP contribution in [0.25, 0.3) is 15.9 Å². The van der Waals surface area contributed by atoms with E-state index in [0.717, 1.165) is 15.8 Å². The van der Waals surface area contributed by atoms with E-state index in [9.17, 15) is 9.18 Å². The van der Waals surface area contributed by atoms with Crippen LogP contribution in [0.15, 0.2) is 42.5 Å². The van der Waals surface area contributed by atoms with Crippen molar-refractivity contribution in [1.29, 1.82) is 0 Å². The maximum atomic E-state index is 13.2. The molecule has 0 saturated carbocycles. The molecule has 0 radical (unpaired) electrons. The maximum absolute atomic E-state index is 13.2. The van der Waals surface area contributed by atoms with Crippen LogP contribution >= 0.6 is 11.3 Å². The van der Waals surface area contributed by atoms with Gasteiger partial charge in [-0.1, -0.05) is 23.5 Å². The summed E-state index contributed by atoms with van der Waals surface area (Å²) in [4.78, 5) is 17.4. The highest BCUT2D eigenvalue weighted by Gasteiger charge is 2.20. The molecule has 2 heterocycles. The summed E-state index contributed by atoms with van der Waals surface area (Å²) in [5.74, 6) is -0.570. The van der Waals surface area contributed by atoms with Gasteiger partial charge in [-0.2, -0.15) is 5.10 Å². The molecule has 0 atom stereocenters. The van der Waals surface area contributed by atoms with Gasteiger partial charge >= 0.3 is 0 Å². The molecule has 2 aromatic heterocycles. The van der Waals surface area contributed by atoms with E-state index in [-0.39, 0.29) is 11.7 Å². The highest BCUT2D eigenvalue weighted by atomic mass is 32.1. The molecule has 0 saturated heterocycles. The topological polar surface area (TPSA) is 59.8 Å². The third kappa shape index (κ3) is 3.10. The Morgan fingerprint density at radius 3 is 2.56 bits per heavy atom. The van der Waals surface area contributed by atoms with Crippen LogP contribution in [0, 0.1) is 26.6 Å². The van der Waals surface area contributed by atoms with Gasteiger partial charge in [0.1, 0.15) is 5.82 Å². The second-order valence-electron chi connectivity index (χ2n) is 6.33. The van der Waals surface area contributed by atoms with Gasteiger partial charge in [-0.3, -0.25) is 10.1 Å². The Labute approximate surface area is 159 Å². The van der Waals surface area contributed by atoms with Crippen LogP contribution in [0.1, 0.15) is 27.3 Å². The number of thiazole rings is 1. The zero-order chi connectivity index (χ0) is 19.1. The number of nitrogens with one attached hydrogen (secondary N) is 1. The number of benzene rings is 2. The van der Waals surface area contributed by atoms with Gasteiger partial charge in [0, 0.05) is 0 Å². The van der Waals surface area contributed by atoms with Crippen LogP contribution < -0.4 is 5.32 Å². The van der Waals surface area contributed by atoms with Gasteiger partial charge in [-0.15, -0.1) is 0 Å². The average Bonchev–Trinajstić information content (AvgIpc) is 3.17. The first kappa shape index (κ1) is 17.4. The largest absolute Gasteiger partial charge is 0.298 e. The Kier molecular flexibility index (Phi) is 4.24. The third-order valence-corrected chi connectivity index (χ3v) is 5.37. The fourth-order valence-corrected chi connectivity index (χ4v) is 4.04. The van der Waals surface area contributed by atoms with E-state index < -0.39 is 0 Å². The lowest BCUT2D eigenvalue weighted by molar-refractivity contribution is 0.102. The molecule has 0 aliphatic heterocycles. The van der Waals surface area contributed by atoms with E-state index in [1.807, 2.05) is 32.0 Å². The number of hydrogen-bond donors (Lipinski definition) is 1. The van der Waals surface area contributed by atoms with Gasteiger partial charge in [-0.25, -0.2) is 14.1 Å². The molecule has 27 heavy (non-hydrogen) atoms. The second kappa shape index (κ2) is 6.59. The number of fused-ring (bicyclic) bond motifs is 1. The van der Waals surface area contributed by atoms with E-state index in [0.29, 0.717) is 27.8 Å². The third-order valence-electron chi connectivity index (χ3n) is 4.43. The minimum absolute atomic E-state index is 0.255. The Morgan fingerprint density at radius 2 is 1.85 bits per heavy atom. The zero-order valence-corrected chi connectivity index (χ0v) is 15.9. The van der Waals surface area contributed by atoms with Gasteiger partial charge in [-0.05, 0) is 56.7 Å². The molecule has 0 aliphatic carbocycles. The maximum Gasteiger partial charge on any atom is 0.261 e. The lowest BCUT2D eigenvalue weighted by atomic mass is 10.2. The number of amides is 1. The van der Waals surface area contributed by atoms with E-state index in [1.165, 1.54) is 23.5 Å². The normalized spacial score (nSPS) is 11.1. The summed E-state index contributed by atoms with van der Waals surface area (Å²) in [5.41, 5.74) is 4.46. The molecule has 0 bridgehead atoms. The molecule has 1 amide bonds. The molecule has 4 aromatic rings. The number of hydrogen-bond acceptors (Lipinski definition) is 4. The predicted molar refractivity (Wildman–Crippen MR) is 105 cm³/mol. The van der Waals surface area contributed by atoms with Gasteiger partial charge in [0.15, 0.2) is 5.13 Å². The van der Waals surface area contributed by atoms with Crippen molar-refractivity contribution >= 4 is 32.6 Å². The smallest absolute Gasteiger partial charge is 0.261 e. The summed E-state index contributed by atoms with van der Waals surface area (Å²) >= 11 is 1.44. The molecule has 0 unspecified atom stereocenters. The first-order valence-corrected chi connectivity index (χ1v) is 9.25. The van der Waals surface area contributed by atoms with Crippen LogP contribution in [0.5, 0.6) is 0 Å². The van der Waals surface area contributed by atoms with Crippen molar-refractivity contribution in [3.8, 4) is 5.69 Å². The van der Waals surface area contributed by atoms with Gasteiger partial charge in [0.25, 0.3) is 5.91 Å². The molecular weight excluding hydrogens is 363 g/mol. The fraction of sp³-hybridized carbons (Fsp3) is 0.150. The zero-order valence-electron chi connectivity index (χ0n) is 15.1. The van der Waals surface area contributed by atoms with Crippen LogP contribution in [0.2, 0.25) is 0 Å². The van der Waals surface area contributed by atoms with Gasteiger partial charge in [0.05, 0.1) is 32.9 Å². The minimum atomic E-state index is -0.315. The number of halogens is 1. The predicted octanol–water partition coefficient (Wildman–Crippen LogP) is 4.80. The van der Waals surface area contributed by atoms with Crippen molar-refractivity contribution in [2.75, 3.05) is 5.32 Å². The van der Waals surface area contributed by atoms with E-state index in [1.54, 1.807) is 23.7 Å². The Bertz CT molecular complexity index is 1160. The Balaban J connectivity index is 1.67.